The van der Waals surface area contributed by atoms with E-state index >= 15 is 0 Å². The van der Waals surface area contributed by atoms with Crippen LogP contribution in [-0.4, -0.2) is 14.5 Å². The van der Waals surface area contributed by atoms with Gasteiger partial charge in [-0.15, -0.1) is 0 Å². The molecule has 20 heavy (non-hydrogen) atoms. The van der Waals surface area contributed by atoms with Crippen LogP contribution in [0, 0.1) is 0 Å². The topological polar surface area (TPSA) is 66.4 Å². The largest absolute Gasteiger partial charge is 1.00 e. The number of carbonyl (C=O) groups is 1. The van der Waals surface area contributed by atoms with Crippen molar-refractivity contribution in [3.05, 3.63) is 71.3 Å². The number of hydrogen-bond acceptors (Lipinski definition) is 4. The van der Waals surface area contributed by atoms with Gasteiger partial charge in [0.15, 0.2) is 5.78 Å². The summed E-state index contributed by atoms with van der Waals surface area (Å²) >= 11 is -2.53. The molecule has 0 heterocycles. The zero-order valence-electron chi connectivity index (χ0n) is 10.9. The number of rotatable bonds is 5. The third-order valence-electron chi connectivity index (χ3n) is 2.57. The van der Waals surface area contributed by atoms with Gasteiger partial charge in [-0.25, -0.2) is 4.21 Å². The Morgan fingerprint density at radius 3 is 2.10 bits per heavy atom. The first kappa shape index (κ1) is 17.9. The van der Waals surface area contributed by atoms with E-state index in [9.17, 15) is 13.6 Å². The van der Waals surface area contributed by atoms with Gasteiger partial charge >= 0.3 is 51.4 Å². The molecule has 0 bridgehead atoms. The molecule has 2 rings (SSSR count). The van der Waals surface area contributed by atoms with E-state index in [1.165, 1.54) is 0 Å². The number of carbonyl (C=O) groups excluding carboxylic acids is 1. The van der Waals surface area contributed by atoms with Crippen molar-refractivity contribution in [3.8, 4) is 0 Å². The van der Waals surface area contributed by atoms with Crippen molar-refractivity contribution in [1.82, 2.24) is 0 Å². The van der Waals surface area contributed by atoms with Gasteiger partial charge in [0, 0.05) is 11.1 Å². The molecule has 0 fully saturated rings. The van der Waals surface area contributed by atoms with Crippen molar-refractivity contribution in [3.63, 3.8) is 0 Å². The van der Waals surface area contributed by atoms with Crippen molar-refractivity contribution in [1.29, 1.82) is 0 Å². The minimum Gasteiger partial charge on any atom is -0.750 e. The summed E-state index contributed by atoms with van der Waals surface area (Å²) in [6, 6.07) is 15.6. The van der Waals surface area contributed by atoms with Crippen LogP contribution in [-0.2, 0) is 22.2 Å². The minimum absolute atomic E-state index is 0. The number of benzene rings is 2. The van der Waals surface area contributed by atoms with Gasteiger partial charge in [-0.3, -0.25) is 8.98 Å². The van der Waals surface area contributed by atoms with Crippen LogP contribution < -0.4 is 51.4 Å². The summed E-state index contributed by atoms with van der Waals surface area (Å²) < 4.78 is 25.0. The second-order valence-electron chi connectivity index (χ2n) is 3.86. The number of hydrogen-bond donors (Lipinski definition) is 0. The van der Waals surface area contributed by atoms with E-state index < -0.39 is 11.4 Å². The van der Waals surface area contributed by atoms with Crippen molar-refractivity contribution in [2.24, 2.45) is 0 Å². The third kappa shape index (κ3) is 5.31. The molecule has 0 radical (unpaired) electrons. The van der Waals surface area contributed by atoms with E-state index in [1.54, 1.807) is 48.5 Å². The SMILES string of the molecule is O=C(c1ccccc1)c1ccc(COS(=O)[O-])cc1.[K+]. The monoisotopic (exact) mass is 314 g/mol. The molecular weight excluding hydrogens is 303 g/mol. The zero-order valence-corrected chi connectivity index (χ0v) is 14.9. The maximum Gasteiger partial charge on any atom is 1.00 e. The van der Waals surface area contributed by atoms with Gasteiger partial charge in [-0.1, -0.05) is 54.6 Å². The van der Waals surface area contributed by atoms with Crippen LogP contribution >= 0.6 is 0 Å². The summed E-state index contributed by atoms with van der Waals surface area (Å²) in [5, 5.41) is 0. The molecule has 6 heteroatoms. The van der Waals surface area contributed by atoms with Gasteiger partial charge in [0.1, 0.15) is 0 Å². The maximum atomic E-state index is 12.1. The molecule has 0 amide bonds. The number of ketones is 1. The maximum absolute atomic E-state index is 12.1. The first-order valence-corrected chi connectivity index (χ1v) is 6.58. The van der Waals surface area contributed by atoms with Crippen LogP contribution in [0.25, 0.3) is 0 Å². The van der Waals surface area contributed by atoms with Crippen LogP contribution in [0.5, 0.6) is 0 Å². The average molecular weight is 314 g/mol. The van der Waals surface area contributed by atoms with E-state index in [1.807, 2.05) is 6.07 Å². The van der Waals surface area contributed by atoms with E-state index in [0.29, 0.717) is 16.7 Å². The van der Waals surface area contributed by atoms with E-state index in [2.05, 4.69) is 4.18 Å². The summed E-state index contributed by atoms with van der Waals surface area (Å²) in [7, 11) is 0. The Hall–Kier alpha value is -0.184. The van der Waals surface area contributed by atoms with Crippen LogP contribution in [0.15, 0.2) is 54.6 Å². The Labute approximate surface area is 162 Å². The second kappa shape index (κ2) is 8.96. The Morgan fingerprint density at radius 2 is 1.55 bits per heavy atom. The van der Waals surface area contributed by atoms with E-state index in [0.717, 1.165) is 0 Å². The molecule has 0 saturated heterocycles. The van der Waals surface area contributed by atoms with Crippen LogP contribution in [0.4, 0.5) is 0 Å². The predicted molar refractivity (Wildman–Crippen MR) is 70.0 cm³/mol. The molecule has 2 aromatic carbocycles. The molecule has 4 nitrogen and oxygen atoms in total. The fourth-order valence-corrected chi connectivity index (χ4v) is 1.86. The summed E-state index contributed by atoms with van der Waals surface area (Å²) in [6.45, 7) is -0.0318. The second-order valence-corrected chi connectivity index (χ2v) is 4.50. The fourth-order valence-electron chi connectivity index (χ4n) is 1.62. The predicted octanol–water partition coefficient (Wildman–Crippen LogP) is -0.768. The van der Waals surface area contributed by atoms with Gasteiger partial charge in [-0.05, 0) is 5.56 Å². The molecule has 0 spiro atoms. The minimum atomic E-state index is -2.53. The van der Waals surface area contributed by atoms with Crippen LogP contribution in [0.2, 0.25) is 0 Å². The molecule has 0 N–H and O–H groups in total. The fraction of sp³-hybridized carbons (Fsp3) is 0.0714. The molecule has 1 atom stereocenters. The Kier molecular flexibility index (Phi) is 8.01. The molecule has 0 saturated carbocycles. The first-order valence-electron chi connectivity index (χ1n) is 5.58. The Bertz CT molecular complexity index is 584. The van der Waals surface area contributed by atoms with Crippen LogP contribution in [0.3, 0.4) is 0 Å². The third-order valence-corrected chi connectivity index (χ3v) is 2.88. The Morgan fingerprint density at radius 1 is 1.00 bits per heavy atom. The standard InChI is InChI=1S/C14H12O4S.K/c15-14(12-4-2-1-3-5-12)13-8-6-11(7-9-13)10-18-19(16)17;/h1-9H,10H2,(H,16,17);/q;+1/p-1. The Balaban J connectivity index is 0.00000200. The average Bonchev–Trinajstić information content (AvgIpc) is 2.46. The van der Waals surface area contributed by atoms with Gasteiger partial charge in [0.2, 0.25) is 0 Å². The normalized spacial score (nSPS) is 11.4. The first-order chi connectivity index (χ1) is 9.16. The molecule has 0 aliphatic rings. The van der Waals surface area contributed by atoms with Gasteiger partial charge in [0.25, 0.3) is 0 Å². The van der Waals surface area contributed by atoms with Crippen molar-refractivity contribution >= 4 is 17.1 Å². The van der Waals surface area contributed by atoms with Gasteiger partial charge in [0.05, 0.1) is 18.0 Å². The molecule has 1 unspecified atom stereocenters. The van der Waals surface area contributed by atoms with Crippen molar-refractivity contribution in [2.75, 3.05) is 0 Å². The quantitative estimate of drug-likeness (QED) is 0.413. The van der Waals surface area contributed by atoms with Gasteiger partial charge < -0.3 is 4.55 Å². The molecule has 0 aliphatic carbocycles. The van der Waals surface area contributed by atoms with E-state index in [-0.39, 0.29) is 63.8 Å². The molecular formula is C14H11KO4S. The zero-order chi connectivity index (χ0) is 13.7. The van der Waals surface area contributed by atoms with E-state index in [4.69, 9.17) is 0 Å². The molecule has 98 valence electrons. The van der Waals surface area contributed by atoms with Crippen LogP contribution in [0.1, 0.15) is 21.5 Å². The summed E-state index contributed by atoms with van der Waals surface area (Å²) in [6.07, 6.45) is 0. The summed E-state index contributed by atoms with van der Waals surface area (Å²) in [5.41, 5.74) is 1.86. The molecule has 0 aromatic heterocycles. The smallest absolute Gasteiger partial charge is 0.750 e. The summed E-state index contributed by atoms with van der Waals surface area (Å²) in [4.78, 5) is 12.1. The molecule has 2 aromatic rings. The summed E-state index contributed by atoms with van der Waals surface area (Å²) in [5.74, 6) is -0.0690. The van der Waals surface area contributed by atoms with Gasteiger partial charge in [-0.2, -0.15) is 0 Å². The molecule has 0 aliphatic heterocycles. The van der Waals surface area contributed by atoms with Crippen molar-refractivity contribution < 1.29 is 69.1 Å². The van der Waals surface area contributed by atoms with Crippen molar-refractivity contribution in [2.45, 2.75) is 6.61 Å².